The molecule has 0 heterocycles. The van der Waals surface area contributed by atoms with Crippen molar-refractivity contribution in [3.63, 3.8) is 0 Å². The Balaban J connectivity index is 3.43. The van der Waals surface area contributed by atoms with Gasteiger partial charge in [0.05, 0.1) is 11.1 Å². The summed E-state index contributed by atoms with van der Waals surface area (Å²) >= 11 is 0. The van der Waals surface area contributed by atoms with Gasteiger partial charge in [0.15, 0.2) is 6.61 Å². The molecule has 0 aliphatic heterocycles. The van der Waals surface area contributed by atoms with Crippen molar-refractivity contribution in [1.82, 2.24) is 0 Å². The fourth-order valence-corrected chi connectivity index (χ4v) is 4.34. The third-order valence-electron chi connectivity index (χ3n) is 5.30. The van der Waals surface area contributed by atoms with Gasteiger partial charge in [-0.3, -0.25) is 4.55 Å². The van der Waals surface area contributed by atoms with Crippen LogP contribution in [0.3, 0.4) is 0 Å². The standard InChI is InChI=1S/C17H21B4F5O9S/c18-1-6-7(2-19)9(4-21)12(11(13(28)29)8(6)3-20)14(30)34-5-10(27)35-15(16(22,23)24)17(25,26)36(31,32)33/h15H,1-5,18-21H2,(H,28,29)(H,31,32,33). The van der Waals surface area contributed by atoms with E-state index < -0.39 is 63.3 Å². The van der Waals surface area contributed by atoms with Crippen LogP contribution < -0.4 is 0 Å². The van der Waals surface area contributed by atoms with E-state index in [4.69, 9.17) is 4.55 Å². The molecule has 1 unspecified atom stereocenters. The molecule has 1 atom stereocenters. The molecule has 0 radical (unpaired) electrons. The average Bonchev–Trinajstić information content (AvgIpc) is 2.76. The van der Waals surface area contributed by atoms with Crippen LogP contribution in [0.1, 0.15) is 43.0 Å². The lowest BCUT2D eigenvalue weighted by atomic mass is 9.72. The topological polar surface area (TPSA) is 144 Å². The second kappa shape index (κ2) is 11.7. The summed E-state index contributed by atoms with van der Waals surface area (Å²) in [6.07, 6.45) is -9.57. The highest BCUT2D eigenvalue weighted by atomic mass is 32.2. The number of alkyl halides is 5. The van der Waals surface area contributed by atoms with Gasteiger partial charge in [0.1, 0.15) is 31.4 Å². The number of hydrogen-bond acceptors (Lipinski definition) is 7. The van der Waals surface area contributed by atoms with Crippen molar-refractivity contribution in [2.45, 2.75) is 42.8 Å². The van der Waals surface area contributed by atoms with E-state index in [1.165, 1.54) is 0 Å². The Labute approximate surface area is 206 Å². The SMILES string of the molecule is BCc1c(CB)c(CB)c(C(=O)OCC(=O)OC(C(F)(F)F)C(F)(F)S(=O)(=O)O)c(C(=O)O)c1CB. The van der Waals surface area contributed by atoms with Gasteiger partial charge in [-0.2, -0.15) is 30.4 Å². The fraction of sp³-hybridized carbons (Fsp3) is 0.471. The minimum Gasteiger partial charge on any atom is -0.478 e. The van der Waals surface area contributed by atoms with Gasteiger partial charge in [-0.1, -0.05) is 25.3 Å². The summed E-state index contributed by atoms with van der Waals surface area (Å²) in [7, 11) is 0.143. The van der Waals surface area contributed by atoms with Crippen molar-refractivity contribution in [3.8, 4) is 0 Å². The van der Waals surface area contributed by atoms with Crippen LogP contribution in [0.25, 0.3) is 0 Å². The number of carbonyl (C=O) groups excluding carboxylic acids is 2. The number of carboxylic acid groups (broad SMARTS) is 1. The maximum atomic E-state index is 13.6. The van der Waals surface area contributed by atoms with Crippen LogP contribution in [-0.4, -0.2) is 91.5 Å². The summed E-state index contributed by atoms with van der Waals surface area (Å²) in [6.45, 7) is -1.69. The first-order valence-corrected chi connectivity index (χ1v) is 12.0. The van der Waals surface area contributed by atoms with E-state index >= 15 is 0 Å². The van der Waals surface area contributed by atoms with Gasteiger partial charge in [-0.05, 0) is 22.3 Å². The van der Waals surface area contributed by atoms with E-state index in [1.54, 1.807) is 31.4 Å². The van der Waals surface area contributed by atoms with Crippen molar-refractivity contribution < 1.29 is 63.9 Å². The van der Waals surface area contributed by atoms with Gasteiger partial charge in [-0.15, -0.1) is 0 Å². The zero-order valence-corrected chi connectivity index (χ0v) is 20.5. The molecule has 1 aromatic rings. The van der Waals surface area contributed by atoms with Gasteiger partial charge < -0.3 is 14.6 Å². The highest BCUT2D eigenvalue weighted by Gasteiger charge is 2.66. The average molecular weight is 540 g/mol. The molecule has 1 rings (SSSR count). The van der Waals surface area contributed by atoms with Gasteiger partial charge in [-0.25, -0.2) is 14.4 Å². The largest absolute Gasteiger partial charge is 0.478 e. The lowest BCUT2D eigenvalue weighted by Crippen LogP contribution is -2.52. The van der Waals surface area contributed by atoms with Gasteiger partial charge in [0.2, 0.25) is 0 Å². The molecule has 0 amide bonds. The number of aromatic carboxylic acids is 1. The maximum absolute atomic E-state index is 13.6. The zero-order chi connectivity index (χ0) is 28.2. The predicted octanol–water partition coefficient (Wildman–Crippen LogP) is -1.97. The highest BCUT2D eigenvalue weighted by molar-refractivity contribution is 7.86. The first-order chi connectivity index (χ1) is 16.4. The van der Waals surface area contributed by atoms with E-state index in [9.17, 15) is 49.9 Å². The molecule has 36 heavy (non-hydrogen) atoms. The molecule has 0 saturated heterocycles. The van der Waals surface area contributed by atoms with Crippen molar-refractivity contribution in [2.75, 3.05) is 6.61 Å². The maximum Gasteiger partial charge on any atom is 0.432 e. The van der Waals surface area contributed by atoms with E-state index in [2.05, 4.69) is 9.47 Å². The van der Waals surface area contributed by atoms with Crippen LogP contribution in [0.2, 0.25) is 0 Å². The number of esters is 2. The second-order valence-electron chi connectivity index (χ2n) is 7.41. The Bertz CT molecular complexity index is 1140. The Hall–Kier alpha value is -2.55. The molecule has 0 saturated carbocycles. The Morgan fingerprint density at radius 1 is 0.833 bits per heavy atom. The van der Waals surface area contributed by atoms with Gasteiger partial charge in [0.25, 0.3) is 6.10 Å². The first-order valence-electron chi connectivity index (χ1n) is 10.6. The molecule has 0 aromatic heterocycles. The summed E-state index contributed by atoms with van der Waals surface area (Å²) in [5.41, 5.74) is 1.08. The molecule has 1 aromatic carbocycles. The van der Waals surface area contributed by atoms with Crippen LogP contribution in [0.5, 0.6) is 0 Å². The van der Waals surface area contributed by atoms with Crippen molar-refractivity contribution in [2.24, 2.45) is 0 Å². The number of halogens is 5. The zero-order valence-electron chi connectivity index (χ0n) is 19.7. The monoisotopic (exact) mass is 540 g/mol. The molecule has 0 bridgehead atoms. The smallest absolute Gasteiger partial charge is 0.432 e. The molecular formula is C17H21B4F5O9S. The molecule has 2 N–H and O–H groups in total. The van der Waals surface area contributed by atoms with Crippen molar-refractivity contribution in [3.05, 3.63) is 33.4 Å². The summed E-state index contributed by atoms with van der Waals surface area (Å²) in [6, 6.07) is 0. The van der Waals surface area contributed by atoms with Crippen molar-refractivity contribution >= 4 is 59.4 Å². The molecule has 0 aliphatic rings. The van der Waals surface area contributed by atoms with E-state index in [-0.39, 0.29) is 18.2 Å². The molecule has 9 nitrogen and oxygen atoms in total. The molecule has 0 aliphatic carbocycles. The van der Waals surface area contributed by atoms with E-state index in [0.717, 1.165) is 0 Å². The number of ether oxygens (including phenoxy) is 2. The van der Waals surface area contributed by atoms with Crippen LogP contribution in [0.4, 0.5) is 22.0 Å². The number of benzene rings is 1. The van der Waals surface area contributed by atoms with E-state index in [0.29, 0.717) is 29.3 Å². The first kappa shape index (κ1) is 31.5. The normalized spacial score (nSPS) is 13.2. The summed E-state index contributed by atoms with van der Waals surface area (Å²) < 4.78 is 104. The summed E-state index contributed by atoms with van der Waals surface area (Å²) in [4.78, 5) is 36.7. The molecule has 19 heteroatoms. The lowest BCUT2D eigenvalue weighted by molar-refractivity contribution is -0.259. The minimum atomic E-state index is -6.65. The van der Waals surface area contributed by atoms with Gasteiger partial charge in [0, 0.05) is 0 Å². The lowest BCUT2D eigenvalue weighted by Gasteiger charge is -2.26. The van der Waals surface area contributed by atoms with Crippen LogP contribution in [0, 0.1) is 0 Å². The van der Waals surface area contributed by atoms with E-state index in [1.807, 2.05) is 0 Å². The van der Waals surface area contributed by atoms with Crippen LogP contribution in [-0.2, 0) is 49.7 Å². The summed E-state index contributed by atoms with van der Waals surface area (Å²) in [5.74, 6) is -5.16. The minimum absolute atomic E-state index is 0.145. The number of carbonyl (C=O) groups is 3. The molecular weight excluding hydrogens is 518 g/mol. The Morgan fingerprint density at radius 3 is 1.58 bits per heavy atom. The number of hydrogen-bond donors (Lipinski definition) is 2. The predicted molar refractivity (Wildman–Crippen MR) is 125 cm³/mol. The second-order valence-corrected chi connectivity index (χ2v) is 8.90. The Kier molecular flexibility index (Phi) is 10.2. The molecule has 0 fully saturated rings. The van der Waals surface area contributed by atoms with Crippen LogP contribution in [0.15, 0.2) is 0 Å². The molecule has 196 valence electrons. The quantitative estimate of drug-likeness (QED) is 0.142. The van der Waals surface area contributed by atoms with Crippen molar-refractivity contribution in [1.29, 1.82) is 0 Å². The number of rotatable bonds is 11. The third kappa shape index (κ3) is 6.41. The van der Waals surface area contributed by atoms with Crippen LogP contribution >= 0.6 is 0 Å². The molecule has 0 spiro atoms. The Morgan fingerprint density at radius 2 is 1.25 bits per heavy atom. The number of carboxylic acids is 1. The fourth-order valence-electron chi connectivity index (χ4n) is 3.89. The summed E-state index contributed by atoms with van der Waals surface area (Å²) in [5, 5.41) is 3.83. The highest BCUT2D eigenvalue weighted by Crippen LogP contribution is 2.38. The van der Waals surface area contributed by atoms with Gasteiger partial charge >= 0.3 is 39.5 Å². The third-order valence-corrected chi connectivity index (χ3v) is 6.20.